The Morgan fingerprint density at radius 2 is 1.91 bits per heavy atom. The second kappa shape index (κ2) is 6.37. The van der Waals surface area contributed by atoms with Crippen molar-refractivity contribution < 1.29 is 13.2 Å². The van der Waals surface area contributed by atoms with Crippen molar-refractivity contribution in [1.29, 1.82) is 0 Å². The summed E-state index contributed by atoms with van der Waals surface area (Å²) >= 11 is 0. The largest absolute Gasteiger partial charge is 0.451 e. The number of aryl methyl sites for hydroxylation is 1. The normalized spacial score (nSPS) is 11.5. The average molecular weight is 337 g/mol. The zero-order valence-electron chi connectivity index (χ0n) is 13.4. The van der Waals surface area contributed by atoms with Gasteiger partial charge in [-0.25, -0.2) is 23.4 Å². The smallest absolute Gasteiger partial charge is 0.230 e. The van der Waals surface area contributed by atoms with Gasteiger partial charge in [0, 0.05) is 17.8 Å². The third kappa shape index (κ3) is 4.52. The Morgan fingerprint density at radius 3 is 2.48 bits per heavy atom. The van der Waals surface area contributed by atoms with E-state index < -0.39 is 10.0 Å². The lowest BCUT2D eigenvalue weighted by atomic mass is 10.0. The van der Waals surface area contributed by atoms with Crippen LogP contribution in [0.25, 0.3) is 0 Å². The molecule has 124 valence electrons. The molecule has 0 aliphatic carbocycles. The molecular weight excluding hydrogens is 318 g/mol. The maximum Gasteiger partial charge on any atom is 0.230 e. The van der Waals surface area contributed by atoms with E-state index in [-0.39, 0.29) is 17.6 Å². The first kappa shape index (κ1) is 16.9. The van der Waals surface area contributed by atoms with Gasteiger partial charge in [0.1, 0.15) is 17.4 Å². The van der Waals surface area contributed by atoms with E-state index in [0.717, 1.165) is 11.8 Å². The lowest BCUT2D eigenvalue weighted by molar-refractivity contribution is 0.470. The van der Waals surface area contributed by atoms with Crippen molar-refractivity contribution >= 4 is 21.7 Å². The fourth-order valence-corrected chi connectivity index (χ4v) is 2.38. The van der Waals surface area contributed by atoms with Crippen LogP contribution in [0.4, 0.5) is 11.6 Å². The highest BCUT2D eigenvalue weighted by Gasteiger charge is 2.14. The Morgan fingerprint density at radius 1 is 1.22 bits per heavy atom. The third-order valence-electron chi connectivity index (χ3n) is 2.93. The molecule has 0 radical (unpaired) electrons. The molecule has 0 unspecified atom stereocenters. The minimum absolute atomic E-state index is 0.123. The number of aromatic nitrogens is 3. The second-order valence-corrected chi connectivity index (χ2v) is 7.15. The molecule has 0 bridgehead atoms. The van der Waals surface area contributed by atoms with Gasteiger partial charge in [0.05, 0.1) is 12.5 Å². The van der Waals surface area contributed by atoms with Crippen molar-refractivity contribution in [1.82, 2.24) is 15.0 Å². The summed E-state index contributed by atoms with van der Waals surface area (Å²) in [5.41, 5.74) is 6.64. The summed E-state index contributed by atoms with van der Waals surface area (Å²) in [6, 6.07) is 1.51. The second-order valence-electron chi connectivity index (χ2n) is 5.41. The van der Waals surface area contributed by atoms with E-state index in [1.807, 2.05) is 13.8 Å². The van der Waals surface area contributed by atoms with Gasteiger partial charge in [0.15, 0.2) is 11.6 Å². The number of hydrogen-bond donors (Lipinski definition) is 2. The first-order chi connectivity index (χ1) is 10.7. The number of hydrogen-bond acceptors (Lipinski definition) is 7. The van der Waals surface area contributed by atoms with E-state index in [1.165, 1.54) is 12.3 Å². The van der Waals surface area contributed by atoms with E-state index in [4.69, 9.17) is 10.5 Å². The Hall–Kier alpha value is -2.42. The van der Waals surface area contributed by atoms with Crippen molar-refractivity contribution in [2.24, 2.45) is 0 Å². The van der Waals surface area contributed by atoms with Gasteiger partial charge >= 0.3 is 0 Å². The van der Waals surface area contributed by atoms with Crippen LogP contribution in [-0.2, 0) is 10.0 Å². The Balaban J connectivity index is 2.43. The minimum atomic E-state index is -3.43. The van der Waals surface area contributed by atoms with Crippen molar-refractivity contribution in [2.75, 3.05) is 16.7 Å². The summed E-state index contributed by atoms with van der Waals surface area (Å²) < 4.78 is 30.8. The molecule has 2 aromatic rings. The summed E-state index contributed by atoms with van der Waals surface area (Å²) in [7, 11) is -3.43. The van der Waals surface area contributed by atoms with Crippen molar-refractivity contribution in [2.45, 2.75) is 26.7 Å². The van der Waals surface area contributed by atoms with Gasteiger partial charge in [-0.2, -0.15) is 0 Å². The van der Waals surface area contributed by atoms with E-state index in [1.54, 1.807) is 13.1 Å². The summed E-state index contributed by atoms with van der Waals surface area (Å²) in [5, 5.41) is 0. The lowest BCUT2D eigenvalue weighted by Gasteiger charge is -2.15. The van der Waals surface area contributed by atoms with Gasteiger partial charge in [0.2, 0.25) is 10.0 Å². The van der Waals surface area contributed by atoms with Crippen LogP contribution >= 0.6 is 0 Å². The third-order valence-corrected chi connectivity index (χ3v) is 3.51. The predicted molar refractivity (Wildman–Crippen MR) is 88.0 cm³/mol. The quantitative estimate of drug-likeness (QED) is 0.856. The number of ether oxygens (including phenoxy) is 1. The SMILES string of the molecule is Cc1ncc(Oc2cc(NS(C)(=O)=O)ncc2C(C)C)c(N)n1. The molecule has 3 N–H and O–H groups in total. The molecule has 9 heteroatoms. The van der Waals surface area contributed by atoms with Gasteiger partial charge in [-0.15, -0.1) is 0 Å². The van der Waals surface area contributed by atoms with Crippen molar-refractivity contribution in [3.63, 3.8) is 0 Å². The molecule has 0 amide bonds. The lowest BCUT2D eigenvalue weighted by Crippen LogP contribution is -2.11. The molecular formula is C14H19N5O3S. The van der Waals surface area contributed by atoms with Gasteiger partial charge in [-0.3, -0.25) is 4.72 Å². The van der Waals surface area contributed by atoms with Crippen LogP contribution in [-0.4, -0.2) is 29.6 Å². The van der Waals surface area contributed by atoms with E-state index in [9.17, 15) is 8.42 Å². The molecule has 0 saturated heterocycles. The van der Waals surface area contributed by atoms with Crippen LogP contribution in [0.3, 0.4) is 0 Å². The van der Waals surface area contributed by atoms with Crippen LogP contribution in [0.5, 0.6) is 11.5 Å². The van der Waals surface area contributed by atoms with Gasteiger partial charge in [-0.1, -0.05) is 13.8 Å². The van der Waals surface area contributed by atoms with Crippen LogP contribution in [0.1, 0.15) is 31.2 Å². The molecule has 0 saturated carbocycles. The zero-order valence-corrected chi connectivity index (χ0v) is 14.2. The Bertz CT molecular complexity index is 821. The Labute approximate surface area is 135 Å². The van der Waals surface area contributed by atoms with E-state index >= 15 is 0 Å². The van der Waals surface area contributed by atoms with Crippen molar-refractivity contribution in [3.05, 3.63) is 29.8 Å². The van der Waals surface area contributed by atoms with Crippen LogP contribution in [0, 0.1) is 6.92 Å². The number of nitrogen functional groups attached to an aromatic ring is 1. The maximum absolute atomic E-state index is 11.3. The highest BCUT2D eigenvalue weighted by molar-refractivity contribution is 7.92. The van der Waals surface area contributed by atoms with Crippen LogP contribution in [0.15, 0.2) is 18.5 Å². The minimum Gasteiger partial charge on any atom is -0.451 e. The van der Waals surface area contributed by atoms with Gasteiger partial charge < -0.3 is 10.5 Å². The summed E-state index contributed by atoms with van der Waals surface area (Å²) in [6.45, 7) is 5.67. The number of nitrogens with two attached hydrogens (primary N) is 1. The molecule has 0 atom stereocenters. The maximum atomic E-state index is 11.3. The summed E-state index contributed by atoms with van der Waals surface area (Å²) in [5.74, 6) is 1.78. The monoisotopic (exact) mass is 337 g/mol. The fourth-order valence-electron chi connectivity index (χ4n) is 1.89. The number of rotatable bonds is 5. The molecule has 0 fully saturated rings. The van der Waals surface area contributed by atoms with Crippen LogP contribution < -0.4 is 15.2 Å². The highest BCUT2D eigenvalue weighted by atomic mass is 32.2. The molecule has 2 aromatic heterocycles. The molecule has 2 heterocycles. The zero-order chi connectivity index (χ0) is 17.2. The topological polar surface area (TPSA) is 120 Å². The number of nitrogens with zero attached hydrogens (tertiary/aromatic N) is 3. The van der Waals surface area contributed by atoms with Gasteiger partial charge in [0.25, 0.3) is 0 Å². The molecule has 0 aliphatic rings. The number of pyridine rings is 1. The molecule has 2 rings (SSSR count). The van der Waals surface area contributed by atoms with E-state index in [0.29, 0.717) is 17.3 Å². The molecule has 0 spiro atoms. The number of nitrogens with one attached hydrogen (secondary N) is 1. The molecule has 0 aliphatic heterocycles. The fraction of sp³-hybridized carbons (Fsp3) is 0.357. The van der Waals surface area contributed by atoms with E-state index in [2.05, 4.69) is 19.7 Å². The number of sulfonamides is 1. The molecule has 0 aromatic carbocycles. The highest BCUT2D eigenvalue weighted by Crippen LogP contribution is 2.33. The van der Waals surface area contributed by atoms with Crippen molar-refractivity contribution in [3.8, 4) is 11.5 Å². The standard InChI is InChI=1S/C14H19N5O3S/c1-8(2)10-6-17-13(19-23(4,20)21)5-11(10)22-12-7-16-9(3)18-14(12)15/h5-8H,1-4H3,(H,17,19)(H2,15,16,18). The first-order valence-electron chi connectivity index (χ1n) is 6.90. The molecule has 23 heavy (non-hydrogen) atoms. The average Bonchev–Trinajstić information content (AvgIpc) is 2.40. The van der Waals surface area contributed by atoms with Crippen LogP contribution in [0.2, 0.25) is 0 Å². The summed E-state index contributed by atoms with van der Waals surface area (Å²) in [6.07, 6.45) is 4.10. The first-order valence-corrected chi connectivity index (χ1v) is 8.79. The Kier molecular flexibility index (Phi) is 4.69. The number of anilines is 2. The summed E-state index contributed by atoms with van der Waals surface area (Å²) in [4.78, 5) is 12.2. The van der Waals surface area contributed by atoms with Gasteiger partial charge in [-0.05, 0) is 12.8 Å². The predicted octanol–water partition coefficient (Wildman–Crippen LogP) is 2.05. The molecule has 8 nitrogen and oxygen atoms in total.